The second-order valence-corrected chi connectivity index (χ2v) is 5.03. The Morgan fingerprint density at radius 2 is 1.89 bits per heavy atom. The minimum Gasteiger partial charge on any atom is -0.392 e. The van der Waals surface area contributed by atoms with Gasteiger partial charge >= 0.3 is 0 Å². The van der Waals surface area contributed by atoms with Crippen LogP contribution in [0.15, 0.2) is 24.3 Å². The lowest BCUT2D eigenvalue weighted by molar-refractivity contribution is 0.101. The number of hydrogen-bond acceptors (Lipinski definition) is 3. The first-order valence-electron chi connectivity index (χ1n) is 7.16. The zero-order chi connectivity index (χ0) is 14.1. The van der Waals surface area contributed by atoms with Gasteiger partial charge < -0.3 is 15.2 Å². The lowest BCUT2D eigenvalue weighted by Gasteiger charge is -2.20. The van der Waals surface area contributed by atoms with Crippen molar-refractivity contribution in [3.05, 3.63) is 35.4 Å². The number of nitrogens with one attached hydrogen (secondary N) is 1. The Morgan fingerprint density at radius 1 is 1.21 bits per heavy atom. The van der Waals surface area contributed by atoms with Gasteiger partial charge in [-0.05, 0) is 17.0 Å². The second kappa shape index (κ2) is 9.08. The molecule has 0 radical (unpaired) electrons. The third kappa shape index (κ3) is 5.72. The van der Waals surface area contributed by atoms with Crippen molar-refractivity contribution in [2.45, 2.75) is 45.9 Å². The molecule has 1 rings (SSSR count). The standard InChI is InChI=1S/C16H27NO2/c1-4-15(5-2)16(18)11-17-10-13-7-6-8-14(9-13)12-19-3/h6-9,15-18H,4-5,10-12H2,1-3H3. The van der Waals surface area contributed by atoms with Crippen molar-refractivity contribution in [1.29, 1.82) is 0 Å². The number of ether oxygens (including phenoxy) is 1. The fourth-order valence-electron chi connectivity index (χ4n) is 2.36. The first kappa shape index (κ1) is 16.2. The zero-order valence-corrected chi connectivity index (χ0v) is 12.4. The molecule has 0 spiro atoms. The summed E-state index contributed by atoms with van der Waals surface area (Å²) in [6.45, 7) is 6.34. The summed E-state index contributed by atoms with van der Waals surface area (Å²) in [5.74, 6) is 0.396. The van der Waals surface area contributed by atoms with Gasteiger partial charge in [0.05, 0.1) is 12.7 Å². The van der Waals surface area contributed by atoms with Crippen LogP contribution in [-0.2, 0) is 17.9 Å². The van der Waals surface area contributed by atoms with Crippen molar-refractivity contribution in [1.82, 2.24) is 5.32 Å². The minimum absolute atomic E-state index is 0.253. The highest BCUT2D eigenvalue weighted by Crippen LogP contribution is 2.12. The van der Waals surface area contributed by atoms with Crippen molar-refractivity contribution in [3.8, 4) is 0 Å². The van der Waals surface area contributed by atoms with Gasteiger partial charge in [0.25, 0.3) is 0 Å². The first-order valence-corrected chi connectivity index (χ1v) is 7.16. The number of benzene rings is 1. The predicted octanol–water partition coefficient (Wildman–Crippen LogP) is 2.72. The normalized spacial score (nSPS) is 12.9. The highest BCUT2D eigenvalue weighted by atomic mass is 16.5. The maximum Gasteiger partial charge on any atom is 0.0713 e. The Morgan fingerprint density at radius 3 is 2.53 bits per heavy atom. The molecule has 0 aliphatic carbocycles. The molecular weight excluding hydrogens is 238 g/mol. The number of aliphatic hydroxyl groups is 1. The fourth-order valence-corrected chi connectivity index (χ4v) is 2.36. The molecule has 19 heavy (non-hydrogen) atoms. The SMILES string of the molecule is CCC(CC)C(O)CNCc1cccc(COC)c1. The van der Waals surface area contributed by atoms with Gasteiger partial charge in [-0.2, -0.15) is 0 Å². The summed E-state index contributed by atoms with van der Waals surface area (Å²) in [4.78, 5) is 0. The number of hydrogen-bond donors (Lipinski definition) is 2. The van der Waals surface area contributed by atoms with Gasteiger partial charge in [-0.1, -0.05) is 51.0 Å². The number of methoxy groups -OCH3 is 1. The zero-order valence-electron chi connectivity index (χ0n) is 12.4. The van der Waals surface area contributed by atoms with E-state index in [0.717, 1.165) is 19.4 Å². The van der Waals surface area contributed by atoms with Gasteiger partial charge in [0.1, 0.15) is 0 Å². The summed E-state index contributed by atoms with van der Waals surface area (Å²) in [6, 6.07) is 8.34. The summed E-state index contributed by atoms with van der Waals surface area (Å²) in [6.07, 6.45) is 1.81. The largest absolute Gasteiger partial charge is 0.392 e. The van der Waals surface area contributed by atoms with Crippen molar-refractivity contribution in [3.63, 3.8) is 0 Å². The fraction of sp³-hybridized carbons (Fsp3) is 0.625. The lowest BCUT2D eigenvalue weighted by Crippen LogP contribution is -2.32. The van der Waals surface area contributed by atoms with Gasteiger partial charge in [0.15, 0.2) is 0 Å². The molecule has 0 saturated carbocycles. The Bertz CT molecular complexity index is 350. The van der Waals surface area contributed by atoms with E-state index in [4.69, 9.17) is 4.74 Å². The summed E-state index contributed by atoms with van der Waals surface area (Å²) >= 11 is 0. The van der Waals surface area contributed by atoms with E-state index < -0.39 is 0 Å². The monoisotopic (exact) mass is 265 g/mol. The van der Waals surface area contributed by atoms with Crippen LogP contribution in [0.1, 0.15) is 37.8 Å². The molecule has 0 heterocycles. The molecule has 3 nitrogen and oxygen atoms in total. The predicted molar refractivity (Wildman–Crippen MR) is 78.9 cm³/mol. The van der Waals surface area contributed by atoms with E-state index >= 15 is 0 Å². The smallest absolute Gasteiger partial charge is 0.0713 e. The van der Waals surface area contributed by atoms with Crippen LogP contribution >= 0.6 is 0 Å². The van der Waals surface area contributed by atoms with E-state index in [-0.39, 0.29) is 6.10 Å². The van der Waals surface area contributed by atoms with Crippen molar-refractivity contribution >= 4 is 0 Å². The average molecular weight is 265 g/mol. The average Bonchev–Trinajstić information content (AvgIpc) is 2.41. The molecule has 0 amide bonds. The number of rotatable bonds is 9. The molecular formula is C16H27NO2. The molecule has 1 atom stereocenters. The lowest BCUT2D eigenvalue weighted by atomic mass is 9.96. The van der Waals surface area contributed by atoms with Crippen LogP contribution in [0.4, 0.5) is 0 Å². The molecule has 1 unspecified atom stereocenters. The molecule has 0 bridgehead atoms. The molecule has 3 heteroatoms. The van der Waals surface area contributed by atoms with E-state index in [1.54, 1.807) is 7.11 Å². The van der Waals surface area contributed by atoms with Gasteiger partial charge in [0, 0.05) is 20.2 Å². The maximum absolute atomic E-state index is 10.0. The Kier molecular flexibility index (Phi) is 7.72. The third-order valence-corrected chi connectivity index (χ3v) is 3.58. The molecule has 0 fully saturated rings. The maximum atomic E-state index is 10.0. The minimum atomic E-state index is -0.253. The van der Waals surface area contributed by atoms with Gasteiger partial charge in [-0.15, -0.1) is 0 Å². The van der Waals surface area contributed by atoms with Gasteiger partial charge in [-0.25, -0.2) is 0 Å². The van der Waals surface area contributed by atoms with E-state index in [0.29, 0.717) is 19.1 Å². The van der Waals surface area contributed by atoms with Crippen LogP contribution in [-0.4, -0.2) is 24.9 Å². The summed E-state index contributed by atoms with van der Waals surface area (Å²) in [5.41, 5.74) is 2.41. The Hall–Kier alpha value is -0.900. The van der Waals surface area contributed by atoms with E-state index in [1.165, 1.54) is 11.1 Å². The van der Waals surface area contributed by atoms with Crippen molar-refractivity contribution < 1.29 is 9.84 Å². The molecule has 1 aromatic carbocycles. The van der Waals surface area contributed by atoms with Crippen LogP contribution < -0.4 is 5.32 Å². The summed E-state index contributed by atoms with van der Waals surface area (Å²) in [5, 5.41) is 13.4. The molecule has 0 aliphatic heterocycles. The van der Waals surface area contributed by atoms with Crippen LogP contribution in [0.25, 0.3) is 0 Å². The van der Waals surface area contributed by atoms with Crippen LogP contribution in [0.3, 0.4) is 0 Å². The van der Waals surface area contributed by atoms with Gasteiger partial charge in [0.2, 0.25) is 0 Å². The Labute approximate surface area is 117 Å². The van der Waals surface area contributed by atoms with Crippen LogP contribution in [0, 0.1) is 5.92 Å². The summed E-state index contributed by atoms with van der Waals surface area (Å²) in [7, 11) is 1.71. The molecule has 1 aromatic rings. The number of aliphatic hydroxyl groups excluding tert-OH is 1. The third-order valence-electron chi connectivity index (χ3n) is 3.58. The van der Waals surface area contributed by atoms with Crippen LogP contribution in [0.2, 0.25) is 0 Å². The highest BCUT2D eigenvalue weighted by Gasteiger charge is 2.14. The summed E-state index contributed by atoms with van der Waals surface area (Å²) < 4.78 is 5.13. The Balaban J connectivity index is 2.38. The van der Waals surface area contributed by atoms with Crippen LogP contribution in [0.5, 0.6) is 0 Å². The first-order chi connectivity index (χ1) is 9.21. The molecule has 0 saturated heterocycles. The van der Waals surface area contributed by atoms with E-state index in [2.05, 4.69) is 37.4 Å². The molecule has 0 aromatic heterocycles. The van der Waals surface area contributed by atoms with Gasteiger partial charge in [-0.3, -0.25) is 0 Å². The van der Waals surface area contributed by atoms with Crippen molar-refractivity contribution in [2.24, 2.45) is 5.92 Å². The molecule has 108 valence electrons. The molecule has 0 aliphatic rings. The van der Waals surface area contributed by atoms with E-state index in [1.807, 2.05) is 6.07 Å². The second-order valence-electron chi connectivity index (χ2n) is 5.03. The van der Waals surface area contributed by atoms with E-state index in [9.17, 15) is 5.11 Å². The highest BCUT2D eigenvalue weighted by molar-refractivity contribution is 5.22. The molecule has 2 N–H and O–H groups in total. The topological polar surface area (TPSA) is 41.5 Å². The quantitative estimate of drug-likeness (QED) is 0.721. The van der Waals surface area contributed by atoms with Crippen molar-refractivity contribution in [2.75, 3.05) is 13.7 Å².